The lowest BCUT2D eigenvalue weighted by atomic mass is 10.1. The van der Waals surface area contributed by atoms with Crippen LogP contribution in [-0.4, -0.2) is 32.7 Å². The maximum absolute atomic E-state index is 13.2. The van der Waals surface area contributed by atoms with Crippen molar-refractivity contribution in [2.45, 2.75) is 33.2 Å². The summed E-state index contributed by atoms with van der Waals surface area (Å²) in [5, 5.41) is 1.21. The van der Waals surface area contributed by atoms with Gasteiger partial charge in [0.25, 0.3) is 0 Å². The highest BCUT2D eigenvalue weighted by Gasteiger charge is 2.31. The quantitative estimate of drug-likeness (QED) is 0.745. The summed E-state index contributed by atoms with van der Waals surface area (Å²) in [6, 6.07) is 12.8. The van der Waals surface area contributed by atoms with Crippen molar-refractivity contribution in [3.05, 3.63) is 70.6 Å². The summed E-state index contributed by atoms with van der Waals surface area (Å²) in [4.78, 5) is 14.8. The fraction of sp³-hybridized carbons (Fsp3) is 0.318. The number of amides is 1. The predicted molar refractivity (Wildman–Crippen MR) is 111 cm³/mol. The normalized spacial score (nSPS) is 17.5. The minimum absolute atomic E-state index is 0.0883. The van der Waals surface area contributed by atoms with E-state index in [-0.39, 0.29) is 18.1 Å². The Morgan fingerprint density at radius 3 is 2.29 bits per heavy atom. The van der Waals surface area contributed by atoms with E-state index in [1.807, 2.05) is 63.2 Å². The molecule has 0 bridgehead atoms. The third-order valence-corrected chi connectivity index (χ3v) is 5.96. The number of nitrogens with zero attached hydrogens (tertiary/aromatic N) is 1. The maximum atomic E-state index is 13.2. The molecule has 1 heterocycles. The van der Waals surface area contributed by atoms with Gasteiger partial charge in [0.2, 0.25) is 5.91 Å². The maximum Gasteiger partial charge on any atom is 0.231 e. The molecule has 0 N–H and O–H groups in total. The molecular weight excluding hydrogens is 374 g/mol. The van der Waals surface area contributed by atoms with Gasteiger partial charge in [0.05, 0.1) is 24.8 Å². The largest absolute Gasteiger partial charge is 0.494 e. The van der Waals surface area contributed by atoms with Crippen molar-refractivity contribution >= 4 is 21.4 Å². The Balaban J connectivity index is 1.89. The van der Waals surface area contributed by atoms with Gasteiger partial charge >= 0.3 is 0 Å². The lowest BCUT2D eigenvalue weighted by molar-refractivity contribution is -0.118. The van der Waals surface area contributed by atoms with E-state index >= 15 is 0 Å². The van der Waals surface area contributed by atoms with E-state index in [0.29, 0.717) is 6.61 Å². The fourth-order valence-corrected chi connectivity index (χ4v) is 4.73. The Morgan fingerprint density at radius 1 is 1.11 bits per heavy atom. The zero-order valence-corrected chi connectivity index (χ0v) is 17.2. The summed E-state index contributed by atoms with van der Waals surface area (Å²) in [6.07, 6.45) is 1.78. The molecule has 2 aromatic rings. The number of rotatable bonds is 6. The van der Waals surface area contributed by atoms with Crippen LogP contribution in [0.25, 0.3) is 0 Å². The van der Waals surface area contributed by atoms with Crippen LogP contribution >= 0.6 is 0 Å². The molecule has 5 nitrogen and oxygen atoms in total. The van der Waals surface area contributed by atoms with Crippen LogP contribution in [0, 0.1) is 13.8 Å². The molecule has 1 unspecified atom stereocenters. The van der Waals surface area contributed by atoms with Gasteiger partial charge in [0, 0.05) is 11.1 Å². The molecule has 28 heavy (non-hydrogen) atoms. The highest BCUT2D eigenvalue weighted by Crippen LogP contribution is 2.26. The molecule has 1 aliphatic rings. The van der Waals surface area contributed by atoms with Crippen LogP contribution in [-0.2, 0) is 21.1 Å². The Labute approximate surface area is 166 Å². The van der Waals surface area contributed by atoms with Crippen molar-refractivity contribution in [3.63, 3.8) is 0 Å². The standard InChI is InChI=1S/C22H25NO4S/c1-4-27-21-7-5-18(6-8-21)14-22(24)23(19-9-10-28(25,26)15-19)20-12-16(2)11-17(3)13-20/h5-13,19H,4,14-15H2,1-3H3. The molecule has 0 fully saturated rings. The summed E-state index contributed by atoms with van der Waals surface area (Å²) in [6.45, 7) is 6.43. The van der Waals surface area contributed by atoms with Gasteiger partial charge < -0.3 is 9.64 Å². The molecule has 1 aliphatic heterocycles. The van der Waals surface area contributed by atoms with E-state index < -0.39 is 15.9 Å². The second-order valence-electron chi connectivity index (χ2n) is 7.09. The van der Waals surface area contributed by atoms with Gasteiger partial charge in [0.1, 0.15) is 5.75 Å². The monoisotopic (exact) mass is 399 g/mol. The fourth-order valence-electron chi connectivity index (χ4n) is 3.46. The first-order chi connectivity index (χ1) is 13.3. The third-order valence-electron chi connectivity index (χ3n) is 4.59. The molecule has 0 aromatic heterocycles. The molecule has 0 aliphatic carbocycles. The van der Waals surface area contributed by atoms with Crippen molar-refractivity contribution in [3.8, 4) is 5.75 Å². The van der Waals surface area contributed by atoms with E-state index in [1.165, 1.54) is 5.41 Å². The van der Waals surface area contributed by atoms with Crippen LogP contribution in [0.15, 0.2) is 53.9 Å². The van der Waals surface area contributed by atoms with Gasteiger partial charge in [-0.05, 0) is 67.8 Å². The summed E-state index contributed by atoms with van der Waals surface area (Å²) in [7, 11) is -3.28. The minimum Gasteiger partial charge on any atom is -0.494 e. The van der Waals surface area contributed by atoms with Crippen LogP contribution in [0.5, 0.6) is 5.75 Å². The van der Waals surface area contributed by atoms with E-state index in [2.05, 4.69) is 0 Å². The van der Waals surface area contributed by atoms with Crippen molar-refractivity contribution in [1.82, 2.24) is 0 Å². The van der Waals surface area contributed by atoms with Gasteiger partial charge in [-0.15, -0.1) is 0 Å². The molecule has 2 aromatic carbocycles. The number of sulfone groups is 1. The van der Waals surface area contributed by atoms with Crippen molar-refractivity contribution < 1.29 is 17.9 Å². The Bertz CT molecular complexity index is 973. The number of hydrogen-bond donors (Lipinski definition) is 0. The topological polar surface area (TPSA) is 63.7 Å². The number of hydrogen-bond acceptors (Lipinski definition) is 4. The highest BCUT2D eigenvalue weighted by molar-refractivity contribution is 7.94. The summed E-state index contributed by atoms with van der Waals surface area (Å²) in [5.74, 6) is 0.533. The highest BCUT2D eigenvalue weighted by atomic mass is 32.2. The Morgan fingerprint density at radius 2 is 1.75 bits per heavy atom. The SMILES string of the molecule is CCOc1ccc(CC(=O)N(c2cc(C)cc(C)c2)C2C=CS(=O)(=O)C2)cc1. The number of carbonyl (C=O) groups excluding carboxylic acids is 1. The number of benzene rings is 2. The number of carbonyl (C=O) groups is 1. The lowest BCUT2D eigenvalue weighted by Gasteiger charge is -2.28. The van der Waals surface area contributed by atoms with Gasteiger partial charge in [-0.1, -0.05) is 18.2 Å². The van der Waals surface area contributed by atoms with Crippen LogP contribution in [0.3, 0.4) is 0 Å². The molecule has 0 saturated heterocycles. The lowest BCUT2D eigenvalue weighted by Crippen LogP contribution is -2.42. The zero-order chi connectivity index (χ0) is 20.3. The minimum atomic E-state index is -3.28. The summed E-state index contributed by atoms with van der Waals surface area (Å²) < 4.78 is 29.3. The number of aryl methyl sites for hydroxylation is 2. The average molecular weight is 400 g/mol. The van der Waals surface area contributed by atoms with Crippen molar-refractivity contribution in [2.75, 3.05) is 17.3 Å². The number of ether oxygens (including phenoxy) is 1. The predicted octanol–water partition coefficient (Wildman–Crippen LogP) is 3.59. The van der Waals surface area contributed by atoms with E-state index in [9.17, 15) is 13.2 Å². The second-order valence-corrected chi connectivity index (χ2v) is 9.02. The molecule has 1 atom stereocenters. The smallest absolute Gasteiger partial charge is 0.231 e. The molecule has 1 amide bonds. The van der Waals surface area contributed by atoms with E-state index in [1.54, 1.807) is 11.0 Å². The van der Waals surface area contributed by atoms with Crippen molar-refractivity contribution in [1.29, 1.82) is 0 Å². The summed E-state index contributed by atoms with van der Waals surface area (Å²) >= 11 is 0. The third kappa shape index (κ3) is 4.81. The first kappa shape index (κ1) is 20.1. The Kier molecular flexibility index (Phi) is 5.89. The molecule has 3 rings (SSSR count). The van der Waals surface area contributed by atoms with E-state index in [0.717, 1.165) is 28.1 Å². The van der Waals surface area contributed by atoms with Gasteiger partial charge in [-0.3, -0.25) is 4.79 Å². The molecule has 0 radical (unpaired) electrons. The average Bonchev–Trinajstić information content (AvgIpc) is 2.95. The zero-order valence-electron chi connectivity index (χ0n) is 16.4. The van der Waals surface area contributed by atoms with Gasteiger partial charge in [0.15, 0.2) is 9.84 Å². The first-order valence-electron chi connectivity index (χ1n) is 9.30. The molecule has 148 valence electrons. The molecule has 0 spiro atoms. The van der Waals surface area contributed by atoms with Crippen molar-refractivity contribution in [2.24, 2.45) is 0 Å². The molecule has 6 heteroatoms. The second kappa shape index (κ2) is 8.19. The molecule has 0 saturated carbocycles. The van der Waals surface area contributed by atoms with Gasteiger partial charge in [-0.2, -0.15) is 0 Å². The van der Waals surface area contributed by atoms with Crippen LogP contribution < -0.4 is 9.64 Å². The van der Waals surface area contributed by atoms with Crippen LogP contribution in [0.1, 0.15) is 23.6 Å². The number of anilines is 1. The summed E-state index contributed by atoms with van der Waals surface area (Å²) in [5.41, 5.74) is 3.63. The first-order valence-corrected chi connectivity index (χ1v) is 11.0. The molecular formula is C22H25NO4S. The van der Waals surface area contributed by atoms with Gasteiger partial charge in [-0.25, -0.2) is 8.42 Å². The van der Waals surface area contributed by atoms with Crippen LogP contribution in [0.2, 0.25) is 0 Å². The van der Waals surface area contributed by atoms with E-state index in [4.69, 9.17) is 4.74 Å². The Hall–Kier alpha value is -2.60. The van der Waals surface area contributed by atoms with Crippen LogP contribution in [0.4, 0.5) is 5.69 Å².